The van der Waals surface area contributed by atoms with Gasteiger partial charge in [-0.2, -0.15) is 0 Å². The van der Waals surface area contributed by atoms with Crippen molar-refractivity contribution in [3.63, 3.8) is 0 Å². The third-order valence-electron chi connectivity index (χ3n) is 6.40. The summed E-state index contributed by atoms with van der Waals surface area (Å²) in [5.41, 5.74) is 2.82. The number of rotatable bonds is 4. The van der Waals surface area contributed by atoms with Gasteiger partial charge in [-0.25, -0.2) is 0 Å². The molecule has 2 aliphatic rings. The zero-order valence-electron chi connectivity index (χ0n) is 14.7. The van der Waals surface area contributed by atoms with E-state index in [1.54, 1.807) is 6.08 Å². The van der Waals surface area contributed by atoms with E-state index < -0.39 is 0 Å². The number of aliphatic hydroxyl groups excluding tert-OH is 1. The van der Waals surface area contributed by atoms with Crippen molar-refractivity contribution in [2.24, 2.45) is 22.7 Å². The second-order valence-corrected chi connectivity index (χ2v) is 8.55. The summed E-state index contributed by atoms with van der Waals surface area (Å²) < 4.78 is 0. The number of hydrogen-bond donors (Lipinski definition) is 1. The van der Waals surface area contributed by atoms with Crippen LogP contribution in [0.2, 0.25) is 0 Å². The van der Waals surface area contributed by atoms with Crippen molar-refractivity contribution < 1.29 is 9.90 Å². The van der Waals surface area contributed by atoms with Crippen LogP contribution in [0.4, 0.5) is 0 Å². The summed E-state index contributed by atoms with van der Waals surface area (Å²) in [4.78, 5) is 10.6. The molecule has 0 heterocycles. The van der Waals surface area contributed by atoms with Crippen LogP contribution in [0.25, 0.3) is 0 Å². The summed E-state index contributed by atoms with van der Waals surface area (Å²) in [5, 5.41) is 10.4. The number of aldehydes is 1. The minimum atomic E-state index is -0.198. The fourth-order valence-electron chi connectivity index (χ4n) is 5.55. The third-order valence-corrected chi connectivity index (χ3v) is 6.40. The molecular formula is C20H32O2. The average Bonchev–Trinajstić information content (AvgIpc) is 2.35. The quantitative estimate of drug-likeness (QED) is 0.465. The summed E-state index contributed by atoms with van der Waals surface area (Å²) in [5.74, 6) is 1.10. The van der Waals surface area contributed by atoms with Gasteiger partial charge in [-0.15, -0.1) is 0 Å². The van der Waals surface area contributed by atoms with E-state index in [1.807, 2.05) is 6.92 Å². The van der Waals surface area contributed by atoms with E-state index >= 15 is 0 Å². The highest BCUT2D eigenvalue weighted by Gasteiger charge is 2.54. The molecule has 2 rings (SSSR count). The highest BCUT2D eigenvalue weighted by molar-refractivity contribution is 5.65. The number of hydrogen-bond acceptors (Lipinski definition) is 2. The Bertz CT molecular complexity index is 474. The maximum Gasteiger partial charge on any atom is 0.142 e. The lowest BCUT2D eigenvalue weighted by Gasteiger charge is -2.59. The fourth-order valence-corrected chi connectivity index (χ4v) is 5.55. The molecule has 0 saturated heterocycles. The molecule has 0 spiro atoms. The first-order chi connectivity index (χ1) is 10.2. The van der Waals surface area contributed by atoms with E-state index in [1.165, 1.54) is 12.0 Å². The van der Waals surface area contributed by atoms with Gasteiger partial charge in [-0.05, 0) is 74.2 Å². The first kappa shape index (κ1) is 17.5. The molecule has 0 amide bonds. The van der Waals surface area contributed by atoms with E-state index in [4.69, 9.17) is 0 Å². The predicted octanol–water partition coefficient (Wildman–Crippen LogP) is 4.68. The van der Waals surface area contributed by atoms with Gasteiger partial charge in [-0.3, -0.25) is 4.79 Å². The Hall–Kier alpha value is -0.890. The maximum atomic E-state index is 10.6. The minimum Gasteiger partial charge on any atom is -0.393 e. The van der Waals surface area contributed by atoms with Crippen LogP contribution >= 0.6 is 0 Å². The van der Waals surface area contributed by atoms with Crippen LogP contribution in [0.1, 0.15) is 66.2 Å². The van der Waals surface area contributed by atoms with Gasteiger partial charge in [0.1, 0.15) is 6.29 Å². The second-order valence-electron chi connectivity index (χ2n) is 8.55. The molecule has 4 unspecified atom stereocenters. The van der Waals surface area contributed by atoms with Gasteiger partial charge in [-0.1, -0.05) is 38.5 Å². The van der Waals surface area contributed by atoms with Gasteiger partial charge in [0.25, 0.3) is 0 Å². The summed E-state index contributed by atoms with van der Waals surface area (Å²) in [6.45, 7) is 13.4. The van der Waals surface area contributed by atoms with Crippen LogP contribution in [-0.4, -0.2) is 17.5 Å². The molecular weight excluding hydrogens is 272 g/mol. The number of fused-ring (bicyclic) bond motifs is 1. The summed E-state index contributed by atoms with van der Waals surface area (Å²) in [6.07, 6.45) is 8.46. The normalized spacial score (nSPS) is 38.5. The number of carbonyl (C=O) groups is 1. The van der Waals surface area contributed by atoms with Gasteiger partial charge in [0.05, 0.1) is 6.10 Å². The summed E-state index contributed by atoms with van der Waals surface area (Å²) in [7, 11) is 0. The molecule has 0 aromatic carbocycles. The highest BCUT2D eigenvalue weighted by atomic mass is 16.3. The SMILES string of the molecule is C=C1CCC2C(C)(C)CC(O)CC2(C)C1CCC(C)=CC=O. The third kappa shape index (κ3) is 3.22. The Labute approximate surface area is 135 Å². The average molecular weight is 304 g/mol. The van der Waals surface area contributed by atoms with Crippen molar-refractivity contribution in [2.75, 3.05) is 0 Å². The molecule has 2 aliphatic carbocycles. The molecule has 124 valence electrons. The van der Waals surface area contributed by atoms with Gasteiger partial charge < -0.3 is 5.11 Å². The highest BCUT2D eigenvalue weighted by Crippen LogP contribution is 2.61. The lowest BCUT2D eigenvalue weighted by atomic mass is 9.46. The Balaban J connectivity index is 2.24. The first-order valence-corrected chi connectivity index (χ1v) is 8.67. The van der Waals surface area contributed by atoms with Crippen LogP contribution in [-0.2, 0) is 4.79 Å². The van der Waals surface area contributed by atoms with Crippen LogP contribution in [0, 0.1) is 22.7 Å². The van der Waals surface area contributed by atoms with Crippen molar-refractivity contribution in [1.82, 2.24) is 0 Å². The van der Waals surface area contributed by atoms with E-state index in [0.29, 0.717) is 11.8 Å². The standard InChI is InChI=1S/C20H32O2/c1-14(10-11-21)6-8-17-15(2)7-9-18-19(3,4)12-16(22)13-20(17,18)5/h10-11,16-18,22H,2,6-9,12-13H2,1,3-5H3. The minimum absolute atomic E-state index is 0.137. The zero-order chi connectivity index (χ0) is 16.5. The van der Waals surface area contributed by atoms with Crippen LogP contribution in [0.3, 0.4) is 0 Å². The molecule has 2 saturated carbocycles. The van der Waals surface area contributed by atoms with E-state index in [9.17, 15) is 9.90 Å². The van der Waals surface area contributed by atoms with Gasteiger partial charge in [0, 0.05) is 0 Å². The molecule has 2 fully saturated rings. The van der Waals surface area contributed by atoms with E-state index in [-0.39, 0.29) is 16.9 Å². The van der Waals surface area contributed by atoms with Gasteiger partial charge in [0.15, 0.2) is 0 Å². The summed E-state index contributed by atoms with van der Waals surface area (Å²) >= 11 is 0. The van der Waals surface area contributed by atoms with Gasteiger partial charge >= 0.3 is 0 Å². The smallest absolute Gasteiger partial charge is 0.142 e. The van der Waals surface area contributed by atoms with Crippen molar-refractivity contribution in [3.05, 3.63) is 23.8 Å². The van der Waals surface area contributed by atoms with Crippen LogP contribution in [0.5, 0.6) is 0 Å². The van der Waals surface area contributed by atoms with Crippen LogP contribution < -0.4 is 0 Å². The van der Waals surface area contributed by atoms with Crippen molar-refractivity contribution >= 4 is 6.29 Å². The summed E-state index contributed by atoms with van der Waals surface area (Å²) in [6, 6.07) is 0. The Morgan fingerprint density at radius 2 is 2.05 bits per heavy atom. The molecule has 0 radical (unpaired) electrons. The van der Waals surface area contributed by atoms with Crippen molar-refractivity contribution in [1.29, 1.82) is 0 Å². The number of aliphatic hydroxyl groups is 1. The van der Waals surface area contributed by atoms with Crippen molar-refractivity contribution in [2.45, 2.75) is 72.3 Å². The monoisotopic (exact) mass is 304 g/mol. The van der Waals surface area contributed by atoms with Gasteiger partial charge in [0.2, 0.25) is 0 Å². The Kier molecular flexibility index (Phi) is 5.01. The van der Waals surface area contributed by atoms with E-state index in [0.717, 1.165) is 44.0 Å². The largest absolute Gasteiger partial charge is 0.393 e. The Morgan fingerprint density at radius 3 is 2.68 bits per heavy atom. The molecule has 1 N–H and O–H groups in total. The Morgan fingerprint density at radius 1 is 1.36 bits per heavy atom. The maximum absolute atomic E-state index is 10.6. The molecule has 0 aromatic heterocycles. The molecule has 2 nitrogen and oxygen atoms in total. The molecule has 0 bridgehead atoms. The van der Waals surface area contributed by atoms with E-state index in [2.05, 4.69) is 27.4 Å². The lowest BCUT2D eigenvalue weighted by Crippen LogP contribution is -2.53. The number of allylic oxidation sites excluding steroid dienone is 3. The molecule has 0 aromatic rings. The molecule has 4 atom stereocenters. The molecule has 22 heavy (non-hydrogen) atoms. The number of carbonyl (C=O) groups excluding carboxylic acids is 1. The van der Waals surface area contributed by atoms with Crippen molar-refractivity contribution in [3.8, 4) is 0 Å². The fraction of sp³-hybridized carbons (Fsp3) is 0.750. The second kappa shape index (κ2) is 6.31. The van der Waals surface area contributed by atoms with Crippen LogP contribution in [0.15, 0.2) is 23.8 Å². The topological polar surface area (TPSA) is 37.3 Å². The molecule has 2 heteroatoms. The first-order valence-electron chi connectivity index (χ1n) is 8.67. The lowest BCUT2D eigenvalue weighted by molar-refractivity contribution is -0.105. The zero-order valence-corrected chi connectivity index (χ0v) is 14.7. The predicted molar refractivity (Wildman–Crippen MR) is 91.5 cm³/mol. The molecule has 0 aliphatic heterocycles.